The fourth-order valence-electron chi connectivity index (χ4n) is 2.82. The molecule has 1 aliphatic heterocycles. The van der Waals surface area contributed by atoms with E-state index in [1.807, 2.05) is 30.3 Å². The maximum absolute atomic E-state index is 12.0. The molecule has 1 aliphatic rings. The van der Waals surface area contributed by atoms with Crippen molar-refractivity contribution in [3.63, 3.8) is 0 Å². The van der Waals surface area contributed by atoms with Gasteiger partial charge in [0.2, 0.25) is 0 Å². The molecular formula is C20H25N3O6. The predicted octanol–water partition coefficient (Wildman–Crippen LogP) is 0.567. The number of Topliss-reactive ketones (excluding diaryl/α,β-unsaturated/α-hetero) is 1. The van der Waals surface area contributed by atoms with E-state index in [1.165, 1.54) is 6.92 Å². The standard InChI is InChI=1S/C20H25N3O6/c1-13(24)15(11-14-7-5-4-6-8-14)21-16(25)12-29-17(26)9-10-23-18(27)20(2,3)22-19(23)28/h4-8,15H,9-12H2,1-3H3,(H,21,25)(H,22,28)/t15-/m1/s1. The first-order valence-electron chi connectivity index (χ1n) is 9.23. The maximum Gasteiger partial charge on any atom is 0.325 e. The number of hydrogen-bond acceptors (Lipinski definition) is 6. The van der Waals surface area contributed by atoms with Crippen molar-refractivity contribution in [3.8, 4) is 0 Å². The first-order valence-corrected chi connectivity index (χ1v) is 9.23. The topological polar surface area (TPSA) is 122 Å². The molecular weight excluding hydrogens is 378 g/mol. The maximum atomic E-state index is 12.0. The van der Waals surface area contributed by atoms with Crippen molar-refractivity contribution < 1.29 is 28.7 Å². The van der Waals surface area contributed by atoms with E-state index in [1.54, 1.807) is 13.8 Å². The fourth-order valence-corrected chi connectivity index (χ4v) is 2.82. The zero-order valence-electron chi connectivity index (χ0n) is 16.7. The minimum Gasteiger partial charge on any atom is -0.456 e. The summed E-state index contributed by atoms with van der Waals surface area (Å²) in [6.07, 6.45) is 0.0977. The van der Waals surface area contributed by atoms with Crippen molar-refractivity contribution in [2.24, 2.45) is 0 Å². The third-order valence-corrected chi connectivity index (χ3v) is 4.46. The molecule has 1 fully saturated rings. The number of rotatable bonds is 9. The van der Waals surface area contributed by atoms with Crippen molar-refractivity contribution in [2.45, 2.75) is 45.2 Å². The van der Waals surface area contributed by atoms with Crippen LogP contribution in [-0.4, -0.2) is 59.2 Å². The molecule has 9 heteroatoms. The Labute approximate surface area is 168 Å². The number of nitrogens with zero attached hydrogens (tertiary/aromatic N) is 1. The molecule has 0 aromatic heterocycles. The van der Waals surface area contributed by atoms with E-state index < -0.39 is 42.0 Å². The Morgan fingerprint density at radius 2 is 1.83 bits per heavy atom. The minimum atomic E-state index is -1.01. The number of carbonyl (C=O) groups excluding carboxylic acids is 5. The van der Waals surface area contributed by atoms with Gasteiger partial charge in [-0.05, 0) is 32.8 Å². The van der Waals surface area contributed by atoms with Gasteiger partial charge in [0.1, 0.15) is 5.54 Å². The van der Waals surface area contributed by atoms with E-state index in [2.05, 4.69) is 10.6 Å². The third kappa shape index (κ3) is 6.13. The number of nitrogens with one attached hydrogen (secondary N) is 2. The lowest BCUT2D eigenvalue weighted by Crippen LogP contribution is -2.43. The van der Waals surface area contributed by atoms with E-state index >= 15 is 0 Å². The highest BCUT2D eigenvalue weighted by Gasteiger charge is 2.44. The number of carbonyl (C=O) groups is 5. The quantitative estimate of drug-likeness (QED) is 0.459. The summed E-state index contributed by atoms with van der Waals surface area (Å²) in [7, 11) is 0. The summed E-state index contributed by atoms with van der Waals surface area (Å²) in [5.41, 5.74) is -0.122. The first kappa shape index (κ1) is 22.1. The summed E-state index contributed by atoms with van der Waals surface area (Å²) in [6.45, 7) is 3.81. The van der Waals surface area contributed by atoms with Crippen LogP contribution in [0.15, 0.2) is 30.3 Å². The average molecular weight is 403 g/mol. The number of ketones is 1. The van der Waals surface area contributed by atoms with Gasteiger partial charge in [0, 0.05) is 6.54 Å². The van der Waals surface area contributed by atoms with Crippen molar-refractivity contribution in [2.75, 3.05) is 13.2 Å². The number of ether oxygens (including phenoxy) is 1. The number of hydrogen-bond donors (Lipinski definition) is 2. The van der Waals surface area contributed by atoms with E-state index in [0.717, 1.165) is 10.5 Å². The van der Waals surface area contributed by atoms with Gasteiger partial charge < -0.3 is 15.4 Å². The molecule has 4 amide bonds. The molecule has 1 aromatic carbocycles. The number of urea groups is 1. The SMILES string of the molecule is CC(=O)[C@@H](Cc1ccccc1)NC(=O)COC(=O)CCN1C(=O)NC(C)(C)C1=O. The van der Waals surface area contributed by atoms with Crippen LogP contribution < -0.4 is 10.6 Å². The average Bonchev–Trinajstić information content (AvgIpc) is 2.85. The highest BCUT2D eigenvalue weighted by Crippen LogP contribution is 2.16. The zero-order chi connectivity index (χ0) is 21.6. The van der Waals surface area contributed by atoms with Crippen LogP contribution in [0.25, 0.3) is 0 Å². The fraction of sp³-hybridized carbons (Fsp3) is 0.450. The first-order chi connectivity index (χ1) is 13.6. The summed E-state index contributed by atoms with van der Waals surface area (Å²) in [6, 6.07) is 7.92. The van der Waals surface area contributed by atoms with E-state index in [4.69, 9.17) is 4.74 Å². The Bertz CT molecular complexity index is 806. The van der Waals surface area contributed by atoms with Gasteiger partial charge in [0.05, 0.1) is 12.5 Å². The van der Waals surface area contributed by atoms with Crippen molar-refractivity contribution in [1.29, 1.82) is 0 Å². The molecule has 0 aliphatic carbocycles. The van der Waals surface area contributed by atoms with Crippen molar-refractivity contribution in [1.82, 2.24) is 15.5 Å². The molecule has 2 rings (SSSR count). The molecule has 1 atom stereocenters. The normalized spacial score (nSPS) is 16.2. The van der Waals surface area contributed by atoms with Gasteiger partial charge in [-0.2, -0.15) is 0 Å². The summed E-state index contributed by atoms with van der Waals surface area (Å²) in [4.78, 5) is 60.4. The Kier molecular flexibility index (Phi) is 7.08. The van der Waals surface area contributed by atoms with Crippen LogP contribution in [0, 0.1) is 0 Å². The van der Waals surface area contributed by atoms with E-state index in [-0.39, 0.29) is 18.7 Å². The van der Waals surface area contributed by atoms with E-state index in [0.29, 0.717) is 6.42 Å². The largest absolute Gasteiger partial charge is 0.456 e. The van der Waals surface area contributed by atoms with Gasteiger partial charge >= 0.3 is 12.0 Å². The molecule has 0 radical (unpaired) electrons. The van der Waals surface area contributed by atoms with Crippen LogP contribution in [0.4, 0.5) is 4.79 Å². The second kappa shape index (κ2) is 9.31. The second-order valence-electron chi connectivity index (χ2n) is 7.34. The minimum absolute atomic E-state index is 0.140. The smallest absolute Gasteiger partial charge is 0.325 e. The monoisotopic (exact) mass is 403 g/mol. The Morgan fingerprint density at radius 1 is 1.17 bits per heavy atom. The van der Waals surface area contributed by atoms with Crippen LogP contribution in [0.1, 0.15) is 32.8 Å². The molecule has 1 saturated heterocycles. The molecule has 0 saturated carbocycles. The molecule has 9 nitrogen and oxygen atoms in total. The Morgan fingerprint density at radius 3 is 2.38 bits per heavy atom. The molecule has 0 bridgehead atoms. The van der Waals surface area contributed by atoms with Crippen LogP contribution in [0.5, 0.6) is 0 Å². The van der Waals surface area contributed by atoms with Crippen LogP contribution in [0.3, 0.4) is 0 Å². The van der Waals surface area contributed by atoms with Gasteiger partial charge in [-0.3, -0.25) is 24.1 Å². The molecule has 2 N–H and O–H groups in total. The van der Waals surface area contributed by atoms with Gasteiger partial charge in [0.15, 0.2) is 12.4 Å². The van der Waals surface area contributed by atoms with Crippen LogP contribution in [0.2, 0.25) is 0 Å². The molecule has 156 valence electrons. The highest BCUT2D eigenvalue weighted by molar-refractivity contribution is 6.06. The molecule has 0 spiro atoms. The summed E-state index contributed by atoms with van der Waals surface area (Å²) >= 11 is 0. The lowest BCUT2D eigenvalue weighted by atomic mass is 10.0. The van der Waals surface area contributed by atoms with Gasteiger partial charge in [-0.15, -0.1) is 0 Å². The zero-order valence-corrected chi connectivity index (χ0v) is 16.7. The lowest BCUT2D eigenvalue weighted by molar-refractivity contribution is -0.149. The molecule has 1 aromatic rings. The highest BCUT2D eigenvalue weighted by atomic mass is 16.5. The second-order valence-corrected chi connectivity index (χ2v) is 7.34. The summed E-state index contributed by atoms with van der Waals surface area (Å²) in [5, 5.41) is 5.06. The Balaban J connectivity index is 1.77. The number of amides is 4. The van der Waals surface area contributed by atoms with E-state index in [9.17, 15) is 24.0 Å². The molecule has 0 unspecified atom stereocenters. The van der Waals surface area contributed by atoms with Gasteiger partial charge in [-0.25, -0.2) is 4.79 Å². The summed E-state index contributed by atoms with van der Waals surface area (Å²) < 4.78 is 4.88. The number of imide groups is 1. The predicted molar refractivity (Wildman–Crippen MR) is 103 cm³/mol. The van der Waals surface area contributed by atoms with Gasteiger partial charge in [0.25, 0.3) is 11.8 Å². The van der Waals surface area contributed by atoms with Crippen molar-refractivity contribution >= 4 is 29.6 Å². The van der Waals surface area contributed by atoms with Crippen LogP contribution >= 0.6 is 0 Å². The number of esters is 1. The summed E-state index contributed by atoms with van der Waals surface area (Å²) in [5.74, 6) is -1.98. The lowest BCUT2D eigenvalue weighted by Gasteiger charge is -2.17. The van der Waals surface area contributed by atoms with Crippen molar-refractivity contribution in [3.05, 3.63) is 35.9 Å². The van der Waals surface area contributed by atoms with Crippen LogP contribution in [-0.2, 0) is 30.3 Å². The molecule has 29 heavy (non-hydrogen) atoms. The Hall–Kier alpha value is -3.23. The molecule has 1 heterocycles. The third-order valence-electron chi connectivity index (χ3n) is 4.46. The van der Waals surface area contributed by atoms with Gasteiger partial charge in [-0.1, -0.05) is 30.3 Å². The number of benzene rings is 1.